The zero-order chi connectivity index (χ0) is 23.3. The van der Waals surface area contributed by atoms with Crippen LogP contribution in [0.4, 0.5) is 16.2 Å². The molecule has 1 atom stereocenters. The van der Waals surface area contributed by atoms with Crippen LogP contribution in [0.3, 0.4) is 0 Å². The summed E-state index contributed by atoms with van der Waals surface area (Å²) in [7, 11) is -3.95. The Bertz CT molecular complexity index is 1100. The number of nitrogens with zero attached hydrogens (tertiary/aromatic N) is 1. The van der Waals surface area contributed by atoms with E-state index in [1.54, 1.807) is 29.2 Å². The van der Waals surface area contributed by atoms with Gasteiger partial charge in [-0.2, -0.15) is 0 Å². The molecule has 3 N–H and O–H groups in total. The minimum Gasteiger partial charge on any atom is -0.494 e. The van der Waals surface area contributed by atoms with Crippen LogP contribution in [0.25, 0.3) is 0 Å². The zero-order valence-corrected chi connectivity index (χ0v) is 18.4. The third kappa shape index (κ3) is 5.76. The summed E-state index contributed by atoms with van der Waals surface area (Å²) >= 11 is 0. The van der Waals surface area contributed by atoms with Gasteiger partial charge in [0, 0.05) is 31.3 Å². The summed E-state index contributed by atoms with van der Waals surface area (Å²) in [6.45, 7) is 3.87. The molecule has 2 aromatic carbocycles. The van der Waals surface area contributed by atoms with E-state index in [9.17, 15) is 22.8 Å². The summed E-state index contributed by atoms with van der Waals surface area (Å²) in [5.41, 5.74) is 1.08. The van der Waals surface area contributed by atoms with E-state index in [0.29, 0.717) is 24.6 Å². The summed E-state index contributed by atoms with van der Waals surface area (Å²) in [5, 5.41) is 5.35. The highest BCUT2D eigenvalue weighted by Crippen LogP contribution is 2.24. The average molecular weight is 461 g/mol. The van der Waals surface area contributed by atoms with Crippen LogP contribution in [0.2, 0.25) is 0 Å². The Kier molecular flexibility index (Phi) is 6.98. The minimum absolute atomic E-state index is 0.105. The maximum absolute atomic E-state index is 12.4. The van der Waals surface area contributed by atoms with Gasteiger partial charge in [-0.25, -0.2) is 17.9 Å². The van der Waals surface area contributed by atoms with Crippen molar-refractivity contribution in [1.29, 1.82) is 0 Å². The number of hydrogen-bond donors (Lipinski definition) is 3. The van der Waals surface area contributed by atoms with E-state index in [2.05, 4.69) is 10.6 Å². The fourth-order valence-corrected chi connectivity index (χ4v) is 4.25. The number of rotatable bonds is 7. The highest BCUT2D eigenvalue weighted by Gasteiger charge is 2.31. The number of carbonyl (C=O) groups is 3. The quantitative estimate of drug-likeness (QED) is 0.577. The fourth-order valence-electron chi connectivity index (χ4n) is 3.26. The number of urea groups is 1. The van der Waals surface area contributed by atoms with Gasteiger partial charge in [0.25, 0.3) is 10.0 Å². The predicted molar refractivity (Wildman–Crippen MR) is 118 cm³/mol. The third-order valence-corrected chi connectivity index (χ3v) is 6.07. The molecule has 0 radical (unpaired) electrons. The van der Waals surface area contributed by atoms with Crippen LogP contribution in [0.15, 0.2) is 53.4 Å². The van der Waals surface area contributed by atoms with Crippen LogP contribution in [-0.4, -0.2) is 45.5 Å². The number of hydrogen-bond acceptors (Lipinski definition) is 6. The first-order valence-corrected chi connectivity index (χ1v) is 11.4. The maximum Gasteiger partial charge on any atom is 0.319 e. The van der Waals surface area contributed by atoms with Crippen molar-refractivity contribution in [1.82, 2.24) is 10.0 Å². The number of carbonyl (C=O) groups excluding carboxylic acids is 3. The summed E-state index contributed by atoms with van der Waals surface area (Å²) in [6.07, 6.45) is 0.161. The Labute approximate surface area is 186 Å². The Balaban J connectivity index is 1.56. The molecule has 1 aliphatic rings. The Morgan fingerprint density at radius 3 is 2.34 bits per heavy atom. The SMILES string of the molecule is CCOc1ccc(N2C[C@@H](NC(=O)Nc3ccc(S(=O)(=O)NC(C)=O)cc3)CC2=O)cc1. The molecule has 32 heavy (non-hydrogen) atoms. The second-order valence-corrected chi connectivity index (χ2v) is 8.80. The first kappa shape index (κ1) is 23.1. The lowest BCUT2D eigenvalue weighted by Gasteiger charge is -2.18. The van der Waals surface area contributed by atoms with Gasteiger partial charge in [0.15, 0.2) is 0 Å². The van der Waals surface area contributed by atoms with E-state index in [1.165, 1.54) is 24.3 Å². The van der Waals surface area contributed by atoms with E-state index >= 15 is 0 Å². The van der Waals surface area contributed by atoms with Crippen molar-refractivity contribution in [3.63, 3.8) is 0 Å². The molecule has 1 saturated heterocycles. The van der Waals surface area contributed by atoms with Gasteiger partial charge in [0.2, 0.25) is 11.8 Å². The maximum atomic E-state index is 12.4. The number of benzene rings is 2. The van der Waals surface area contributed by atoms with Crippen molar-refractivity contribution in [2.45, 2.75) is 31.2 Å². The zero-order valence-electron chi connectivity index (χ0n) is 17.6. The van der Waals surface area contributed by atoms with Gasteiger partial charge >= 0.3 is 6.03 Å². The Morgan fingerprint density at radius 1 is 1.09 bits per heavy atom. The third-order valence-electron chi connectivity index (χ3n) is 4.62. The Hall–Kier alpha value is -3.60. The lowest BCUT2D eigenvalue weighted by molar-refractivity contribution is -0.118. The van der Waals surface area contributed by atoms with Crippen molar-refractivity contribution in [2.75, 3.05) is 23.4 Å². The van der Waals surface area contributed by atoms with Crippen molar-refractivity contribution < 1.29 is 27.5 Å². The molecular formula is C21H24N4O6S. The van der Waals surface area contributed by atoms with E-state index in [0.717, 1.165) is 12.6 Å². The summed E-state index contributed by atoms with van der Waals surface area (Å²) in [4.78, 5) is 37.2. The van der Waals surface area contributed by atoms with Gasteiger partial charge < -0.3 is 20.3 Å². The number of amides is 4. The highest BCUT2D eigenvalue weighted by molar-refractivity contribution is 7.90. The van der Waals surface area contributed by atoms with E-state index < -0.39 is 22.0 Å². The second-order valence-electron chi connectivity index (χ2n) is 7.12. The van der Waals surface area contributed by atoms with Crippen LogP contribution in [0.1, 0.15) is 20.3 Å². The van der Waals surface area contributed by atoms with Crippen LogP contribution < -0.4 is 25.0 Å². The van der Waals surface area contributed by atoms with E-state index in [1.807, 2.05) is 11.6 Å². The first-order chi connectivity index (χ1) is 15.2. The van der Waals surface area contributed by atoms with E-state index in [-0.39, 0.29) is 23.3 Å². The molecule has 0 spiro atoms. The number of ether oxygens (including phenoxy) is 1. The van der Waals surface area contributed by atoms with Gasteiger partial charge in [0.05, 0.1) is 17.5 Å². The van der Waals surface area contributed by atoms with E-state index in [4.69, 9.17) is 4.74 Å². The molecule has 1 aliphatic heterocycles. The number of anilines is 2. The monoisotopic (exact) mass is 460 g/mol. The normalized spacial score (nSPS) is 15.9. The summed E-state index contributed by atoms with van der Waals surface area (Å²) in [5.74, 6) is -0.0863. The van der Waals surface area contributed by atoms with Crippen LogP contribution >= 0.6 is 0 Å². The second kappa shape index (κ2) is 9.69. The van der Waals surface area contributed by atoms with Crippen molar-refractivity contribution >= 4 is 39.2 Å². The van der Waals surface area contributed by atoms with Gasteiger partial charge in [-0.05, 0) is 55.5 Å². The molecule has 170 valence electrons. The molecule has 3 rings (SSSR count). The van der Waals surface area contributed by atoms with Gasteiger partial charge in [0.1, 0.15) is 5.75 Å². The highest BCUT2D eigenvalue weighted by atomic mass is 32.2. The molecule has 0 unspecified atom stereocenters. The van der Waals surface area contributed by atoms with Crippen LogP contribution in [0.5, 0.6) is 5.75 Å². The van der Waals surface area contributed by atoms with Gasteiger partial charge in [-0.15, -0.1) is 0 Å². The molecular weight excluding hydrogens is 436 g/mol. The molecule has 0 saturated carbocycles. The molecule has 0 aromatic heterocycles. The minimum atomic E-state index is -3.95. The molecule has 1 fully saturated rings. The summed E-state index contributed by atoms with van der Waals surface area (Å²) < 4.78 is 31.2. The fraction of sp³-hybridized carbons (Fsp3) is 0.286. The molecule has 11 heteroatoms. The summed E-state index contributed by atoms with van der Waals surface area (Å²) in [6, 6.07) is 11.6. The molecule has 2 aromatic rings. The van der Waals surface area contributed by atoms with Crippen LogP contribution in [-0.2, 0) is 19.6 Å². The van der Waals surface area contributed by atoms with Crippen molar-refractivity contribution in [3.8, 4) is 5.75 Å². The average Bonchev–Trinajstić information content (AvgIpc) is 3.08. The van der Waals surface area contributed by atoms with Crippen LogP contribution in [0, 0.1) is 0 Å². The lowest BCUT2D eigenvalue weighted by Crippen LogP contribution is -2.39. The number of nitrogens with one attached hydrogen (secondary N) is 3. The van der Waals surface area contributed by atoms with Crippen molar-refractivity contribution in [2.24, 2.45) is 0 Å². The molecule has 1 heterocycles. The number of sulfonamides is 1. The molecule has 0 bridgehead atoms. The topological polar surface area (TPSA) is 134 Å². The van der Waals surface area contributed by atoms with Crippen molar-refractivity contribution in [3.05, 3.63) is 48.5 Å². The molecule has 10 nitrogen and oxygen atoms in total. The lowest BCUT2D eigenvalue weighted by atomic mass is 10.2. The van der Waals surface area contributed by atoms with Gasteiger partial charge in [-0.1, -0.05) is 0 Å². The molecule has 4 amide bonds. The standard InChI is InChI=1S/C21H24N4O6S/c1-3-31-18-8-6-17(7-9-18)25-13-16(12-20(25)27)23-21(28)22-15-4-10-19(11-5-15)32(29,30)24-14(2)26/h4-11,16H,3,12-13H2,1-2H3,(H,24,26)(H2,22,23,28)/t16-/m0/s1. The van der Waals surface area contributed by atoms with Gasteiger partial charge in [-0.3, -0.25) is 9.59 Å². The largest absolute Gasteiger partial charge is 0.494 e. The smallest absolute Gasteiger partial charge is 0.319 e. The predicted octanol–water partition coefficient (Wildman–Crippen LogP) is 1.84. The Morgan fingerprint density at radius 2 is 1.75 bits per heavy atom. The first-order valence-electron chi connectivity index (χ1n) is 9.92. The molecule has 0 aliphatic carbocycles.